The Hall–Kier alpha value is -2.01. The fraction of sp³-hybridized carbons (Fsp3) is 0.200. The molecule has 2 aromatic carbocycles. The van der Waals surface area contributed by atoms with Crippen molar-refractivity contribution in [3.63, 3.8) is 0 Å². The summed E-state index contributed by atoms with van der Waals surface area (Å²) in [6.45, 7) is 0.275. The summed E-state index contributed by atoms with van der Waals surface area (Å²) in [7, 11) is 0. The molecule has 104 valence electrons. The molecule has 3 rings (SSSR count). The number of fused-ring (bicyclic) bond motifs is 3. The summed E-state index contributed by atoms with van der Waals surface area (Å²) in [4.78, 5) is 0. The van der Waals surface area contributed by atoms with Crippen LogP contribution in [-0.4, -0.2) is 6.54 Å². The average molecular weight is 279 g/mol. The molecule has 1 heterocycles. The maximum Gasteiger partial charge on any atom is 0.416 e. The highest BCUT2D eigenvalue weighted by Gasteiger charge is 2.33. The molecule has 0 fully saturated rings. The van der Waals surface area contributed by atoms with Gasteiger partial charge in [0, 0.05) is 17.7 Å². The van der Waals surface area contributed by atoms with Gasteiger partial charge < -0.3 is 10.5 Å². The monoisotopic (exact) mass is 279 g/mol. The van der Waals surface area contributed by atoms with Gasteiger partial charge in [-0.05, 0) is 23.8 Å². The molecule has 0 radical (unpaired) electrons. The Kier molecular flexibility index (Phi) is 2.94. The first-order chi connectivity index (χ1) is 9.50. The van der Waals surface area contributed by atoms with Crippen molar-refractivity contribution in [3.8, 4) is 16.9 Å². The van der Waals surface area contributed by atoms with Crippen LogP contribution in [-0.2, 0) is 6.18 Å². The first-order valence-corrected chi connectivity index (χ1v) is 6.18. The van der Waals surface area contributed by atoms with E-state index in [0.717, 1.165) is 23.3 Å². The van der Waals surface area contributed by atoms with Gasteiger partial charge >= 0.3 is 6.18 Å². The molecule has 1 aliphatic rings. The van der Waals surface area contributed by atoms with E-state index in [-0.39, 0.29) is 12.6 Å². The highest BCUT2D eigenvalue weighted by atomic mass is 19.4. The van der Waals surface area contributed by atoms with Crippen LogP contribution in [0.3, 0.4) is 0 Å². The van der Waals surface area contributed by atoms with Crippen LogP contribution in [0.1, 0.15) is 17.2 Å². The van der Waals surface area contributed by atoms with Crippen molar-refractivity contribution < 1.29 is 17.9 Å². The van der Waals surface area contributed by atoms with Crippen molar-refractivity contribution in [1.82, 2.24) is 0 Å². The molecular formula is C15H12F3NO. The van der Waals surface area contributed by atoms with E-state index in [2.05, 4.69) is 0 Å². The zero-order valence-corrected chi connectivity index (χ0v) is 10.4. The van der Waals surface area contributed by atoms with Crippen molar-refractivity contribution in [1.29, 1.82) is 0 Å². The van der Waals surface area contributed by atoms with Crippen LogP contribution in [0.5, 0.6) is 5.75 Å². The van der Waals surface area contributed by atoms with Crippen molar-refractivity contribution in [2.75, 3.05) is 6.54 Å². The van der Waals surface area contributed by atoms with E-state index in [1.54, 1.807) is 12.1 Å². The number of alkyl halides is 3. The smallest absolute Gasteiger partial charge is 0.416 e. The maximum absolute atomic E-state index is 12.8. The zero-order valence-electron chi connectivity index (χ0n) is 10.4. The second kappa shape index (κ2) is 4.52. The summed E-state index contributed by atoms with van der Waals surface area (Å²) in [5, 5.41) is 0. The number of benzene rings is 2. The summed E-state index contributed by atoms with van der Waals surface area (Å²) in [6, 6.07) is 10.7. The lowest BCUT2D eigenvalue weighted by Gasteiger charge is -2.28. The van der Waals surface area contributed by atoms with Gasteiger partial charge in [0.15, 0.2) is 0 Å². The van der Waals surface area contributed by atoms with E-state index in [9.17, 15) is 13.2 Å². The van der Waals surface area contributed by atoms with Gasteiger partial charge in [0.25, 0.3) is 0 Å². The summed E-state index contributed by atoms with van der Waals surface area (Å²) < 4.78 is 44.1. The lowest BCUT2D eigenvalue weighted by atomic mass is 9.91. The molecule has 0 saturated carbocycles. The summed E-state index contributed by atoms with van der Waals surface area (Å²) in [5.41, 5.74) is 7.01. The van der Waals surface area contributed by atoms with Crippen molar-refractivity contribution in [2.45, 2.75) is 12.3 Å². The van der Waals surface area contributed by atoms with Crippen LogP contribution in [0.2, 0.25) is 0 Å². The topological polar surface area (TPSA) is 35.2 Å². The van der Waals surface area contributed by atoms with Crippen LogP contribution in [0, 0.1) is 0 Å². The van der Waals surface area contributed by atoms with Gasteiger partial charge in [0.1, 0.15) is 11.9 Å². The minimum atomic E-state index is -4.37. The molecule has 20 heavy (non-hydrogen) atoms. The fourth-order valence-corrected chi connectivity index (χ4v) is 2.43. The van der Waals surface area contributed by atoms with Crippen LogP contribution in [0.25, 0.3) is 11.1 Å². The molecule has 1 aliphatic heterocycles. The quantitative estimate of drug-likeness (QED) is 0.862. The number of hydrogen-bond donors (Lipinski definition) is 1. The number of nitrogens with two attached hydrogens (primary N) is 1. The third-order valence-corrected chi connectivity index (χ3v) is 3.39. The van der Waals surface area contributed by atoms with Gasteiger partial charge in [0.05, 0.1) is 5.56 Å². The third-order valence-electron chi connectivity index (χ3n) is 3.39. The molecule has 2 aromatic rings. The highest BCUT2D eigenvalue weighted by Crippen LogP contribution is 2.44. The highest BCUT2D eigenvalue weighted by molar-refractivity contribution is 5.76. The maximum atomic E-state index is 12.8. The molecule has 1 atom stereocenters. The minimum absolute atomic E-state index is 0.275. The van der Waals surface area contributed by atoms with E-state index < -0.39 is 11.7 Å². The lowest BCUT2D eigenvalue weighted by Crippen LogP contribution is -2.22. The van der Waals surface area contributed by atoms with Crippen LogP contribution >= 0.6 is 0 Å². The summed E-state index contributed by atoms with van der Waals surface area (Å²) in [5.74, 6) is 0.437. The predicted molar refractivity (Wildman–Crippen MR) is 69.3 cm³/mol. The molecule has 0 spiro atoms. The van der Waals surface area contributed by atoms with Crippen molar-refractivity contribution in [3.05, 3.63) is 53.6 Å². The first kappa shape index (κ1) is 13.0. The van der Waals surface area contributed by atoms with Crippen LogP contribution < -0.4 is 10.5 Å². The molecule has 0 saturated heterocycles. The Labute approximate surface area is 114 Å². The number of ether oxygens (including phenoxy) is 1. The standard InChI is InChI=1S/C15H12F3NO/c16-15(17,18)9-5-6-13-12(7-9)10-3-1-2-4-11(10)14(8-19)20-13/h1-7,14H,8,19H2. The van der Waals surface area contributed by atoms with Gasteiger partial charge in [-0.1, -0.05) is 24.3 Å². The first-order valence-electron chi connectivity index (χ1n) is 6.18. The van der Waals surface area contributed by atoms with E-state index in [0.29, 0.717) is 11.3 Å². The molecule has 0 bridgehead atoms. The SMILES string of the molecule is NCC1Oc2ccc(C(F)(F)F)cc2-c2ccccc21. The van der Waals surface area contributed by atoms with Crippen molar-refractivity contribution in [2.24, 2.45) is 5.73 Å². The largest absolute Gasteiger partial charge is 0.484 e. The fourth-order valence-electron chi connectivity index (χ4n) is 2.43. The van der Waals surface area contributed by atoms with Crippen LogP contribution in [0.4, 0.5) is 13.2 Å². The van der Waals surface area contributed by atoms with Crippen molar-refractivity contribution >= 4 is 0 Å². The van der Waals surface area contributed by atoms with Gasteiger partial charge in [-0.3, -0.25) is 0 Å². The van der Waals surface area contributed by atoms with E-state index in [1.807, 2.05) is 12.1 Å². The summed E-state index contributed by atoms with van der Waals surface area (Å²) in [6.07, 6.45) is -4.69. The number of hydrogen-bond acceptors (Lipinski definition) is 2. The zero-order chi connectivity index (χ0) is 14.3. The number of halogens is 3. The van der Waals surface area contributed by atoms with Gasteiger partial charge in [-0.25, -0.2) is 0 Å². The third kappa shape index (κ3) is 2.04. The van der Waals surface area contributed by atoms with Gasteiger partial charge in [-0.2, -0.15) is 13.2 Å². The molecule has 2 nitrogen and oxygen atoms in total. The Balaban J connectivity index is 2.19. The average Bonchev–Trinajstić information content (AvgIpc) is 2.45. The molecule has 2 N–H and O–H groups in total. The molecule has 1 unspecified atom stereocenters. The Morgan fingerprint density at radius 1 is 1.05 bits per heavy atom. The lowest BCUT2D eigenvalue weighted by molar-refractivity contribution is -0.137. The minimum Gasteiger partial charge on any atom is -0.484 e. The Morgan fingerprint density at radius 2 is 1.80 bits per heavy atom. The second-order valence-electron chi connectivity index (χ2n) is 4.64. The molecular weight excluding hydrogens is 267 g/mol. The number of rotatable bonds is 1. The molecule has 0 aromatic heterocycles. The molecule has 5 heteroatoms. The van der Waals surface area contributed by atoms with Gasteiger partial charge in [-0.15, -0.1) is 0 Å². The van der Waals surface area contributed by atoms with E-state index in [4.69, 9.17) is 10.5 Å². The summed E-state index contributed by atoms with van der Waals surface area (Å²) >= 11 is 0. The Bertz CT molecular complexity index is 652. The molecule has 0 amide bonds. The van der Waals surface area contributed by atoms with E-state index >= 15 is 0 Å². The second-order valence-corrected chi connectivity index (χ2v) is 4.64. The molecule has 0 aliphatic carbocycles. The van der Waals surface area contributed by atoms with Crippen LogP contribution in [0.15, 0.2) is 42.5 Å². The van der Waals surface area contributed by atoms with E-state index in [1.165, 1.54) is 6.07 Å². The predicted octanol–water partition coefficient (Wildman–Crippen LogP) is 3.76. The normalized spacial score (nSPS) is 17.1. The van der Waals surface area contributed by atoms with Gasteiger partial charge in [0.2, 0.25) is 0 Å². The Morgan fingerprint density at radius 3 is 2.50 bits per heavy atom.